The minimum Gasteiger partial charge on any atom is -0.350 e. The van der Waals surface area contributed by atoms with Crippen molar-refractivity contribution in [3.05, 3.63) is 0 Å². The maximum atomic E-state index is 12.3. The summed E-state index contributed by atoms with van der Waals surface area (Å²) in [5.74, 6) is 0.366. The van der Waals surface area contributed by atoms with Crippen LogP contribution in [0.15, 0.2) is 0 Å². The molecule has 2 fully saturated rings. The van der Waals surface area contributed by atoms with E-state index in [4.69, 9.17) is 0 Å². The Morgan fingerprint density at radius 2 is 1.42 bits per heavy atom. The molecule has 0 unspecified atom stereocenters. The lowest BCUT2D eigenvalue weighted by Gasteiger charge is -2.36. The molecule has 0 radical (unpaired) electrons. The molecule has 0 aromatic rings. The van der Waals surface area contributed by atoms with Gasteiger partial charge in [-0.3, -0.25) is 19.4 Å². The number of carbonyl (C=O) groups is 2. The molecule has 0 aliphatic carbocycles. The van der Waals surface area contributed by atoms with Gasteiger partial charge in [0.15, 0.2) is 0 Å². The molecule has 0 atom stereocenters. The van der Waals surface area contributed by atoms with Gasteiger partial charge in [0.05, 0.1) is 13.1 Å². The Morgan fingerprint density at radius 1 is 0.875 bits per heavy atom. The number of hydrogen-bond donors (Lipinski definition) is 1. The minimum atomic E-state index is -0.139. The fourth-order valence-electron chi connectivity index (χ4n) is 3.25. The van der Waals surface area contributed by atoms with Crippen LogP contribution in [0, 0.1) is 0 Å². The smallest absolute Gasteiger partial charge is 0.236 e. The van der Waals surface area contributed by atoms with Crippen LogP contribution in [0.25, 0.3) is 0 Å². The first-order valence-electron chi connectivity index (χ1n) is 9.43. The zero-order valence-electron chi connectivity index (χ0n) is 15.6. The summed E-state index contributed by atoms with van der Waals surface area (Å²) in [6.07, 6.45) is 4.45. The van der Waals surface area contributed by atoms with Crippen molar-refractivity contribution in [3.63, 3.8) is 0 Å². The molecular weight excluding hydrogens is 304 g/mol. The van der Waals surface area contributed by atoms with Gasteiger partial charge in [0, 0.05) is 44.8 Å². The summed E-state index contributed by atoms with van der Waals surface area (Å²) < 4.78 is 0. The summed E-state index contributed by atoms with van der Waals surface area (Å²) in [7, 11) is 0. The predicted octanol–water partition coefficient (Wildman–Crippen LogP) is 0.921. The van der Waals surface area contributed by atoms with Crippen LogP contribution < -0.4 is 5.32 Å². The first-order valence-corrected chi connectivity index (χ1v) is 9.43. The molecular formula is C18H34N4O2. The topological polar surface area (TPSA) is 55.9 Å². The lowest BCUT2D eigenvalue weighted by Crippen LogP contribution is -2.53. The molecule has 0 aromatic carbocycles. The van der Waals surface area contributed by atoms with Crippen LogP contribution in [0.1, 0.15) is 46.5 Å². The molecule has 0 aromatic heterocycles. The van der Waals surface area contributed by atoms with E-state index >= 15 is 0 Å². The molecule has 2 heterocycles. The SMILES string of the molecule is CCC(C)(C)NC(=O)CN1CCN(CC(=O)N2CCCCC2)CC1. The highest BCUT2D eigenvalue weighted by molar-refractivity contribution is 5.79. The van der Waals surface area contributed by atoms with E-state index in [1.807, 2.05) is 4.90 Å². The summed E-state index contributed by atoms with van der Waals surface area (Å²) in [4.78, 5) is 30.9. The quantitative estimate of drug-likeness (QED) is 0.782. The Labute approximate surface area is 146 Å². The molecule has 0 spiro atoms. The van der Waals surface area contributed by atoms with E-state index in [0.717, 1.165) is 58.5 Å². The molecule has 2 saturated heterocycles. The highest BCUT2D eigenvalue weighted by Crippen LogP contribution is 2.10. The number of piperazine rings is 1. The summed E-state index contributed by atoms with van der Waals surface area (Å²) in [5, 5.41) is 3.08. The summed E-state index contributed by atoms with van der Waals surface area (Å²) in [6, 6.07) is 0. The molecule has 24 heavy (non-hydrogen) atoms. The van der Waals surface area contributed by atoms with Crippen LogP contribution in [-0.4, -0.2) is 84.4 Å². The van der Waals surface area contributed by atoms with E-state index in [1.165, 1.54) is 6.42 Å². The van der Waals surface area contributed by atoms with Gasteiger partial charge in [-0.25, -0.2) is 0 Å². The van der Waals surface area contributed by atoms with Gasteiger partial charge < -0.3 is 10.2 Å². The number of nitrogens with one attached hydrogen (secondary N) is 1. The van der Waals surface area contributed by atoms with Crippen LogP contribution in [-0.2, 0) is 9.59 Å². The van der Waals surface area contributed by atoms with E-state index in [-0.39, 0.29) is 17.4 Å². The van der Waals surface area contributed by atoms with E-state index < -0.39 is 0 Å². The molecule has 6 heteroatoms. The lowest BCUT2D eigenvalue weighted by atomic mass is 10.0. The van der Waals surface area contributed by atoms with Crippen LogP contribution >= 0.6 is 0 Å². The predicted molar refractivity (Wildman–Crippen MR) is 95.8 cm³/mol. The average Bonchev–Trinajstić information content (AvgIpc) is 2.57. The van der Waals surface area contributed by atoms with Crippen molar-refractivity contribution < 1.29 is 9.59 Å². The largest absolute Gasteiger partial charge is 0.350 e. The summed E-state index contributed by atoms with van der Waals surface area (Å²) in [5.41, 5.74) is -0.139. The normalized spacial score (nSPS) is 20.9. The number of likely N-dealkylation sites (tertiary alicyclic amines) is 1. The van der Waals surface area contributed by atoms with Crippen LogP contribution in [0.5, 0.6) is 0 Å². The van der Waals surface area contributed by atoms with E-state index in [2.05, 4.69) is 35.9 Å². The van der Waals surface area contributed by atoms with Gasteiger partial charge >= 0.3 is 0 Å². The van der Waals surface area contributed by atoms with Crippen molar-refractivity contribution >= 4 is 11.8 Å². The molecule has 2 rings (SSSR count). The van der Waals surface area contributed by atoms with Crippen LogP contribution in [0.4, 0.5) is 0 Å². The molecule has 6 nitrogen and oxygen atoms in total. The first kappa shape index (κ1) is 19.2. The van der Waals surface area contributed by atoms with Gasteiger partial charge in [-0.2, -0.15) is 0 Å². The van der Waals surface area contributed by atoms with Crippen molar-refractivity contribution in [2.45, 2.75) is 52.0 Å². The third-order valence-electron chi connectivity index (χ3n) is 5.26. The number of amides is 2. The Bertz CT molecular complexity index is 425. The third-order valence-corrected chi connectivity index (χ3v) is 5.26. The number of nitrogens with zero attached hydrogens (tertiary/aromatic N) is 3. The van der Waals surface area contributed by atoms with Gasteiger partial charge in [0.2, 0.25) is 11.8 Å². The molecule has 2 amide bonds. The Morgan fingerprint density at radius 3 is 1.96 bits per heavy atom. The van der Waals surface area contributed by atoms with Gasteiger partial charge in [0.1, 0.15) is 0 Å². The summed E-state index contributed by atoms with van der Waals surface area (Å²) in [6.45, 7) is 12.5. The Kier molecular flexibility index (Phi) is 7.04. The minimum absolute atomic E-state index is 0.0969. The van der Waals surface area contributed by atoms with E-state index in [0.29, 0.717) is 13.1 Å². The molecule has 1 N–H and O–H groups in total. The monoisotopic (exact) mass is 338 g/mol. The van der Waals surface area contributed by atoms with Crippen molar-refractivity contribution in [2.75, 3.05) is 52.4 Å². The lowest BCUT2D eigenvalue weighted by molar-refractivity contribution is -0.134. The first-order chi connectivity index (χ1) is 11.4. The number of rotatable bonds is 6. The molecule has 2 aliphatic heterocycles. The molecule has 0 bridgehead atoms. The van der Waals surface area contributed by atoms with Crippen LogP contribution in [0.2, 0.25) is 0 Å². The highest BCUT2D eigenvalue weighted by atomic mass is 16.2. The number of hydrogen-bond acceptors (Lipinski definition) is 4. The van der Waals surface area contributed by atoms with Gasteiger partial charge in [-0.15, -0.1) is 0 Å². The van der Waals surface area contributed by atoms with Crippen molar-refractivity contribution in [2.24, 2.45) is 0 Å². The number of carbonyl (C=O) groups excluding carboxylic acids is 2. The van der Waals surface area contributed by atoms with E-state index in [9.17, 15) is 9.59 Å². The van der Waals surface area contributed by atoms with Gasteiger partial charge in [0.25, 0.3) is 0 Å². The second-order valence-electron chi connectivity index (χ2n) is 7.78. The standard InChI is InChI=1S/C18H34N4O2/c1-4-18(2,3)19-16(23)14-20-10-12-21(13-11-20)15-17(24)22-8-6-5-7-9-22/h4-15H2,1-3H3,(H,19,23). The maximum absolute atomic E-state index is 12.3. The second-order valence-corrected chi connectivity index (χ2v) is 7.78. The van der Waals surface area contributed by atoms with Gasteiger partial charge in [-0.05, 0) is 39.5 Å². The fraction of sp³-hybridized carbons (Fsp3) is 0.889. The Hall–Kier alpha value is -1.14. The zero-order chi connectivity index (χ0) is 17.6. The van der Waals surface area contributed by atoms with E-state index in [1.54, 1.807) is 0 Å². The summed E-state index contributed by atoms with van der Waals surface area (Å²) >= 11 is 0. The molecule has 0 saturated carbocycles. The van der Waals surface area contributed by atoms with Crippen molar-refractivity contribution in [1.29, 1.82) is 0 Å². The second kappa shape index (κ2) is 8.81. The zero-order valence-corrected chi connectivity index (χ0v) is 15.6. The average molecular weight is 338 g/mol. The van der Waals surface area contributed by atoms with Crippen molar-refractivity contribution in [3.8, 4) is 0 Å². The van der Waals surface area contributed by atoms with Crippen molar-refractivity contribution in [1.82, 2.24) is 20.0 Å². The molecule has 138 valence electrons. The van der Waals surface area contributed by atoms with Crippen LogP contribution in [0.3, 0.4) is 0 Å². The molecule has 2 aliphatic rings. The third kappa shape index (κ3) is 6.06. The maximum Gasteiger partial charge on any atom is 0.236 e. The Balaban J connectivity index is 1.67. The highest BCUT2D eigenvalue weighted by Gasteiger charge is 2.25. The fourth-order valence-corrected chi connectivity index (χ4v) is 3.25. The number of piperidine rings is 1. The van der Waals surface area contributed by atoms with Gasteiger partial charge in [-0.1, -0.05) is 6.92 Å².